The second-order valence-electron chi connectivity index (χ2n) is 15.1. The molecule has 7 rings (SSSR count). The van der Waals surface area contributed by atoms with Gasteiger partial charge in [-0.1, -0.05) is 108 Å². The van der Waals surface area contributed by atoms with E-state index in [2.05, 4.69) is 9.65 Å². The van der Waals surface area contributed by atoms with Gasteiger partial charge in [0, 0.05) is 48.3 Å². The van der Waals surface area contributed by atoms with Crippen LogP contribution in [-0.4, -0.2) is 81.8 Å². The predicted octanol–water partition coefficient (Wildman–Crippen LogP) is 8.27. The summed E-state index contributed by atoms with van der Waals surface area (Å²) in [5, 5.41) is 12.0. The number of aromatic amines is 1. The summed E-state index contributed by atoms with van der Waals surface area (Å²) in [5.41, 5.74) is 0.188. The van der Waals surface area contributed by atoms with Crippen LogP contribution in [0.2, 0.25) is 0 Å². The van der Waals surface area contributed by atoms with Gasteiger partial charge in [-0.05, 0) is 73.6 Å². The van der Waals surface area contributed by atoms with Crippen molar-refractivity contribution in [1.29, 1.82) is 0 Å². The van der Waals surface area contributed by atoms with E-state index in [1.165, 1.54) is 22.5 Å². The van der Waals surface area contributed by atoms with Crippen LogP contribution < -0.4 is 20.7 Å². The van der Waals surface area contributed by atoms with Crippen LogP contribution in [0.15, 0.2) is 125 Å². The highest BCUT2D eigenvalue weighted by atomic mass is 32.7. The van der Waals surface area contributed by atoms with Crippen LogP contribution in [-0.2, 0) is 19.6 Å². The topological polar surface area (TPSA) is 142 Å². The number of aliphatic hydroxyl groups excluding tert-OH is 1. The molecule has 1 unspecified atom stereocenters. The number of H-pyrrole nitrogens is 1. The van der Waals surface area contributed by atoms with Crippen molar-refractivity contribution < 1.29 is 33.4 Å². The highest BCUT2D eigenvalue weighted by Crippen LogP contribution is 2.57. The van der Waals surface area contributed by atoms with Gasteiger partial charge in [0.15, 0.2) is 13.8 Å². The first-order chi connectivity index (χ1) is 29.6. The Morgan fingerprint density at radius 2 is 1.48 bits per heavy atom. The summed E-state index contributed by atoms with van der Waals surface area (Å²) in [5.74, 6) is 2.63. The van der Waals surface area contributed by atoms with E-state index in [0.717, 1.165) is 42.6 Å². The number of aromatic nitrogens is 2. The Balaban J connectivity index is 1.20. The number of aliphatic hydroxyl groups is 1. The first kappa shape index (κ1) is 44.8. The zero-order chi connectivity index (χ0) is 42.8. The normalized spacial score (nSPS) is 19.1. The first-order valence-electron chi connectivity index (χ1n) is 20.4. The third-order valence-electron chi connectivity index (χ3n) is 11.0. The fourth-order valence-electron chi connectivity index (χ4n) is 7.83. The molecule has 0 amide bonds. The van der Waals surface area contributed by atoms with E-state index in [1.54, 1.807) is 32.5 Å². The number of thioether (sulfide) groups is 1. The van der Waals surface area contributed by atoms with E-state index in [9.17, 15) is 19.5 Å². The molecule has 0 saturated carbocycles. The molecular formula is C46H52N3O9PS2. The molecule has 4 aromatic carbocycles. The number of benzene rings is 4. The average Bonchev–Trinajstić information content (AvgIpc) is 3.99. The molecule has 2 aliphatic rings. The van der Waals surface area contributed by atoms with Crippen molar-refractivity contribution in [3.63, 3.8) is 0 Å². The Bertz CT molecular complexity index is 2260. The van der Waals surface area contributed by atoms with Crippen molar-refractivity contribution in [1.82, 2.24) is 14.2 Å². The van der Waals surface area contributed by atoms with Crippen LogP contribution in [0.25, 0.3) is 0 Å². The molecule has 0 bridgehead atoms. The van der Waals surface area contributed by atoms with Gasteiger partial charge < -0.3 is 28.6 Å². The van der Waals surface area contributed by atoms with Crippen LogP contribution >= 0.6 is 30.6 Å². The van der Waals surface area contributed by atoms with Gasteiger partial charge in [0.05, 0.1) is 26.4 Å². The summed E-state index contributed by atoms with van der Waals surface area (Å²) in [6.07, 6.45) is 2.43. The lowest BCUT2D eigenvalue weighted by Crippen LogP contribution is -2.44. The van der Waals surface area contributed by atoms with Gasteiger partial charge >= 0.3 is 5.69 Å². The molecule has 61 heavy (non-hydrogen) atoms. The van der Waals surface area contributed by atoms with Crippen LogP contribution in [0.1, 0.15) is 70.9 Å². The third-order valence-corrected chi connectivity index (χ3v) is 16.2. The van der Waals surface area contributed by atoms with Gasteiger partial charge in [-0.15, -0.1) is 0 Å². The first-order valence-corrected chi connectivity index (χ1v) is 24.2. The van der Waals surface area contributed by atoms with Crippen molar-refractivity contribution in [3.05, 3.63) is 164 Å². The monoisotopic (exact) mass is 885 g/mol. The van der Waals surface area contributed by atoms with Crippen molar-refractivity contribution in [2.24, 2.45) is 0 Å². The van der Waals surface area contributed by atoms with Crippen molar-refractivity contribution in [3.8, 4) is 11.5 Å². The van der Waals surface area contributed by atoms with E-state index in [-0.39, 0.29) is 18.1 Å². The standard InChI is InChI=1S/C46H52N3O9PS2/c1-33-31-49(44(53)47-42(33)51)40-24-25-45(57-40,30-41(50)58-59(48-26-10-11-27-48)61-29-28-60-43(52)34-12-6-4-7-13-34)32-56-46(35-14-8-5-9-15-35,36-16-20-38(54-2)21-17-36)37-18-22-39(55-3)23-19-37/h4-9,12-23,31,40-41,50H,10-11,24-30,32H2,1-3H3,(H,47,51,53)/t40-,41+,45-,59?/m1/s1. The zero-order valence-electron chi connectivity index (χ0n) is 34.6. The molecule has 2 aliphatic heterocycles. The van der Waals surface area contributed by atoms with Crippen LogP contribution in [0, 0.1) is 6.92 Å². The Hall–Kier alpha value is -4.24. The van der Waals surface area contributed by atoms with Gasteiger partial charge in [-0.25, -0.2) is 4.79 Å². The molecule has 0 aliphatic carbocycles. The number of hydrogen-bond donors (Lipinski definition) is 2. The van der Waals surface area contributed by atoms with Gasteiger partial charge in [0.25, 0.3) is 5.56 Å². The summed E-state index contributed by atoms with van der Waals surface area (Å²) < 4.78 is 35.6. The zero-order valence-corrected chi connectivity index (χ0v) is 37.1. The van der Waals surface area contributed by atoms with Gasteiger partial charge in [0.2, 0.25) is 5.12 Å². The Labute approximate surface area is 365 Å². The number of aryl methyl sites for hydroxylation is 1. The minimum atomic E-state index is -1.29. The maximum atomic E-state index is 13.2. The molecule has 15 heteroatoms. The number of nitrogens with one attached hydrogen (secondary N) is 1. The molecule has 0 spiro atoms. The summed E-state index contributed by atoms with van der Waals surface area (Å²) in [6, 6.07) is 34.7. The lowest BCUT2D eigenvalue weighted by Gasteiger charge is -2.40. The summed E-state index contributed by atoms with van der Waals surface area (Å²) in [4.78, 5) is 40.8. The molecule has 2 fully saturated rings. The number of carbonyl (C=O) groups excluding carboxylic acids is 1. The Kier molecular flexibility index (Phi) is 15.2. The van der Waals surface area contributed by atoms with E-state index in [1.807, 2.05) is 109 Å². The van der Waals surface area contributed by atoms with Crippen molar-refractivity contribution in [2.75, 3.05) is 45.4 Å². The molecular weight excluding hydrogens is 834 g/mol. The molecule has 1 aromatic heterocycles. The number of ether oxygens (including phenoxy) is 4. The molecule has 3 heterocycles. The maximum absolute atomic E-state index is 13.2. The molecule has 12 nitrogen and oxygen atoms in total. The van der Waals surface area contributed by atoms with Crippen molar-refractivity contribution in [2.45, 2.75) is 62.7 Å². The number of rotatable bonds is 19. The summed E-state index contributed by atoms with van der Waals surface area (Å²) in [6.45, 7) is 3.34. The van der Waals surface area contributed by atoms with E-state index < -0.39 is 42.5 Å². The lowest BCUT2D eigenvalue weighted by atomic mass is 9.79. The van der Waals surface area contributed by atoms with Gasteiger partial charge in [-0.2, -0.15) is 0 Å². The fraction of sp³-hybridized carbons (Fsp3) is 0.370. The van der Waals surface area contributed by atoms with E-state index in [0.29, 0.717) is 47.0 Å². The highest BCUT2D eigenvalue weighted by Gasteiger charge is 2.48. The van der Waals surface area contributed by atoms with E-state index in [4.69, 9.17) is 23.5 Å². The smallest absolute Gasteiger partial charge is 0.330 e. The Morgan fingerprint density at radius 3 is 2.08 bits per heavy atom. The molecule has 4 atom stereocenters. The molecule has 5 aromatic rings. The van der Waals surface area contributed by atoms with Gasteiger partial charge in [0.1, 0.15) is 23.3 Å². The number of carbonyl (C=O) groups is 1. The van der Waals surface area contributed by atoms with Gasteiger partial charge in [-0.3, -0.25) is 23.8 Å². The quantitative estimate of drug-likeness (QED) is 0.0357. The molecule has 0 radical (unpaired) electrons. The fourth-order valence-corrected chi connectivity index (χ4v) is 13.0. The molecule has 322 valence electrons. The third kappa shape index (κ3) is 10.7. The minimum Gasteiger partial charge on any atom is -0.497 e. The highest BCUT2D eigenvalue weighted by molar-refractivity contribution is 8.53. The van der Waals surface area contributed by atoms with Crippen molar-refractivity contribution >= 4 is 35.8 Å². The van der Waals surface area contributed by atoms with Crippen LogP contribution in [0.5, 0.6) is 11.5 Å². The summed E-state index contributed by atoms with van der Waals surface area (Å²) in [7, 11) is 1.96. The molecule has 2 N–H and O–H groups in total. The summed E-state index contributed by atoms with van der Waals surface area (Å²) >= 11 is 2.90. The molecule has 2 saturated heterocycles. The van der Waals surface area contributed by atoms with E-state index >= 15 is 0 Å². The predicted molar refractivity (Wildman–Crippen MR) is 242 cm³/mol. The minimum absolute atomic E-state index is 0.0129. The average molecular weight is 886 g/mol. The Morgan fingerprint density at radius 1 is 0.885 bits per heavy atom. The lowest BCUT2D eigenvalue weighted by molar-refractivity contribution is -0.168. The maximum Gasteiger partial charge on any atom is 0.330 e. The number of hydrogen-bond acceptors (Lipinski definition) is 12. The second kappa shape index (κ2) is 20.8. The van der Waals surface area contributed by atoms with Crippen LogP contribution in [0.4, 0.5) is 0 Å². The number of methoxy groups -OCH3 is 2. The largest absolute Gasteiger partial charge is 0.497 e. The number of nitrogens with zero attached hydrogens (tertiary/aromatic N) is 2. The van der Waals surface area contributed by atoms with Crippen LogP contribution in [0.3, 0.4) is 0 Å². The second-order valence-corrected chi connectivity index (χ2v) is 19.8. The SMILES string of the molecule is COc1ccc(C(OC[C@]2(C[C@@H](O)OP(SCCSC(=O)c3ccccc3)N3CCCC3)CC[C@H](n3cc(C)c(=O)[nH]c3=O)O2)(c2ccccc2)c2ccc(OC)cc2)cc1.